The molecule has 0 radical (unpaired) electrons. The number of anilines is 1. The lowest BCUT2D eigenvalue weighted by molar-refractivity contribution is -0.148. The number of carbonyl (C=O) groups excluding carboxylic acids is 3. The largest absolute Gasteiger partial charge is 0.481 e. The maximum atomic E-state index is 13.7. The number of para-hydroxylation sites is 2. The molecule has 0 bridgehead atoms. The van der Waals surface area contributed by atoms with Crippen LogP contribution in [0.5, 0.6) is 0 Å². The number of thioether (sulfide) groups is 1. The zero-order valence-electron chi connectivity index (χ0n) is 22.1. The Balaban J connectivity index is 1.52. The smallest absolute Gasteiger partial charge is 0.306 e. The summed E-state index contributed by atoms with van der Waals surface area (Å²) < 4.78 is 6.97. The number of Topliss-reactive ketones (excluding diaryl/α,β-unsaturated/α-hetero) is 1. The Bertz CT molecular complexity index is 1710. The number of carboxylic acids is 1. The number of hydrogen-bond acceptors (Lipinski definition) is 8. The molecule has 1 aliphatic heterocycles. The lowest BCUT2D eigenvalue weighted by atomic mass is 9.96. The number of esters is 1. The monoisotopic (exact) mass is 580 g/mol. The average Bonchev–Trinajstić information content (AvgIpc) is 3.40. The molecule has 0 fully saturated rings. The van der Waals surface area contributed by atoms with Gasteiger partial charge in [-0.2, -0.15) is 10.4 Å². The summed E-state index contributed by atoms with van der Waals surface area (Å²) in [5, 5.41) is 26.0. The van der Waals surface area contributed by atoms with Crippen molar-refractivity contribution in [3.8, 4) is 23.0 Å². The summed E-state index contributed by atoms with van der Waals surface area (Å²) in [6.07, 6.45) is -0.546. The van der Waals surface area contributed by atoms with Crippen molar-refractivity contribution >= 4 is 41.1 Å². The maximum Gasteiger partial charge on any atom is 0.306 e. The van der Waals surface area contributed by atoms with Gasteiger partial charge in [0, 0.05) is 33.0 Å². The molecule has 1 amide bonds. The Kier molecular flexibility index (Phi) is 8.45. The van der Waals surface area contributed by atoms with Gasteiger partial charge in [0.1, 0.15) is 12.3 Å². The summed E-state index contributed by atoms with van der Waals surface area (Å²) in [5.74, 6) is -4.44. The van der Waals surface area contributed by atoms with Gasteiger partial charge in [0.25, 0.3) is 0 Å². The number of rotatable bonds is 10. The number of carboxylic acid groups (broad SMARTS) is 1. The first-order chi connectivity index (χ1) is 20.4. The summed E-state index contributed by atoms with van der Waals surface area (Å²) >= 11 is 1.42. The van der Waals surface area contributed by atoms with Crippen LogP contribution in [0.25, 0.3) is 16.9 Å². The molecule has 1 aliphatic rings. The Morgan fingerprint density at radius 1 is 1.00 bits per heavy atom. The number of hydrogen-bond donors (Lipinski definition) is 2. The SMILES string of the molecule is N#CC(C(=O)Nc1ccccc1)C(=O)c1nn(-c2ccccc2)c2c1CSc1c(COC(=O)CCC(=O)O)cccc1-2. The van der Waals surface area contributed by atoms with Gasteiger partial charge in [-0.1, -0.05) is 54.6 Å². The Labute approximate surface area is 244 Å². The van der Waals surface area contributed by atoms with E-state index in [-0.39, 0.29) is 25.1 Å². The Hall–Kier alpha value is -5.21. The zero-order valence-corrected chi connectivity index (χ0v) is 23.0. The first-order valence-corrected chi connectivity index (χ1v) is 14.0. The standard InChI is InChI=1S/C31H24N4O6S/c32-16-23(31(40)33-20-9-3-1-4-10-20)29(39)27-24-18-42-30-19(17-41-26(38)15-14-25(36)37)8-7-13-22(30)28(24)35(34-27)21-11-5-2-6-12-21/h1-13,23H,14-15,17-18H2,(H,33,40)(H,36,37). The molecule has 3 aromatic carbocycles. The van der Waals surface area contributed by atoms with Gasteiger partial charge >= 0.3 is 11.9 Å². The van der Waals surface area contributed by atoms with Crippen molar-refractivity contribution < 1.29 is 29.0 Å². The minimum atomic E-state index is -1.61. The molecule has 1 unspecified atom stereocenters. The number of ether oxygens (including phenoxy) is 1. The third kappa shape index (κ3) is 5.94. The second kappa shape index (κ2) is 12.5. The summed E-state index contributed by atoms with van der Waals surface area (Å²) in [7, 11) is 0. The van der Waals surface area contributed by atoms with Crippen LogP contribution in [0, 0.1) is 17.2 Å². The molecular weight excluding hydrogens is 556 g/mol. The van der Waals surface area contributed by atoms with Crippen LogP contribution >= 0.6 is 11.8 Å². The number of nitrogens with zero attached hydrogens (tertiary/aromatic N) is 3. The number of nitriles is 1. The van der Waals surface area contributed by atoms with Crippen molar-refractivity contribution in [2.75, 3.05) is 5.32 Å². The van der Waals surface area contributed by atoms with Crippen LogP contribution in [0.1, 0.15) is 34.5 Å². The summed E-state index contributed by atoms with van der Waals surface area (Å²) in [4.78, 5) is 50.4. The van der Waals surface area contributed by atoms with Crippen molar-refractivity contribution in [3.05, 3.63) is 95.7 Å². The fourth-order valence-electron chi connectivity index (χ4n) is 4.57. The normalized spacial score (nSPS) is 12.3. The lowest BCUT2D eigenvalue weighted by Gasteiger charge is -2.21. The Morgan fingerprint density at radius 3 is 2.40 bits per heavy atom. The van der Waals surface area contributed by atoms with Crippen molar-refractivity contribution in [1.29, 1.82) is 5.26 Å². The van der Waals surface area contributed by atoms with Gasteiger partial charge in [-0.3, -0.25) is 19.2 Å². The number of fused-ring (bicyclic) bond motifs is 3. The number of carbonyl (C=O) groups is 4. The third-order valence-electron chi connectivity index (χ3n) is 6.56. The number of ketones is 1. The molecule has 2 N–H and O–H groups in total. The molecule has 1 aromatic heterocycles. The van der Waals surface area contributed by atoms with Crippen LogP contribution in [-0.2, 0) is 31.5 Å². The molecular formula is C31H24N4O6S. The predicted octanol–water partition coefficient (Wildman–Crippen LogP) is 5.01. The molecule has 4 aromatic rings. The third-order valence-corrected chi connectivity index (χ3v) is 7.76. The molecule has 1 atom stereocenters. The van der Waals surface area contributed by atoms with E-state index in [4.69, 9.17) is 9.84 Å². The Morgan fingerprint density at radius 2 is 1.71 bits per heavy atom. The van der Waals surface area contributed by atoms with Crippen molar-refractivity contribution in [3.63, 3.8) is 0 Å². The molecule has 0 spiro atoms. The molecule has 210 valence electrons. The van der Waals surface area contributed by atoms with Gasteiger partial charge in [0.05, 0.1) is 30.3 Å². The molecule has 0 saturated carbocycles. The summed E-state index contributed by atoms with van der Waals surface area (Å²) in [5.41, 5.74) is 3.87. The second-order valence-corrected chi connectivity index (χ2v) is 10.3. The number of amides is 1. The van der Waals surface area contributed by atoms with Gasteiger partial charge in [0.15, 0.2) is 5.92 Å². The minimum absolute atomic E-state index is 0.0345. The van der Waals surface area contributed by atoms with Crippen molar-refractivity contribution in [2.24, 2.45) is 5.92 Å². The van der Waals surface area contributed by atoms with Gasteiger partial charge < -0.3 is 15.2 Å². The number of aromatic nitrogens is 2. The molecule has 0 saturated heterocycles. The van der Waals surface area contributed by atoms with E-state index in [1.54, 1.807) is 41.1 Å². The molecule has 10 nitrogen and oxygen atoms in total. The average molecular weight is 581 g/mol. The predicted molar refractivity (Wildman–Crippen MR) is 154 cm³/mol. The van der Waals surface area contributed by atoms with Crippen LogP contribution in [0.3, 0.4) is 0 Å². The molecule has 2 heterocycles. The topological polar surface area (TPSA) is 151 Å². The highest BCUT2D eigenvalue weighted by molar-refractivity contribution is 7.98. The van der Waals surface area contributed by atoms with E-state index in [0.29, 0.717) is 28.4 Å². The lowest BCUT2D eigenvalue weighted by Crippen LogP contribution is -2.29. The molecule has 42 heavy (non-hydrogen) atoms. The minimum Gasteiger partial charge on any atom is -0.481 e. The number of benzene rings is 3. The van der Waals surface area contributed by atoms with Crippen LogP contribution < -0.4 is 5.32 Å². The van der Waals surface area contributed by atoms with E-state index < -0.39 is 29.5 Å². The van der Waals surface area contributed by atoms with E-state index >= 15 is 0 Å². The summed E-state index contributed by atoms with van der Waals surface area (Å²) in [6.45, 7) is -0.0502. The highest BCUT2D eigenvalue weighted by Gasteiger charge is 2.36. The maximum absolute atomic E-state index is 13.7. The summed E-state index contributed by atoms with van der Waals surface area (Å²) in [6, 6.07) is 25.1. The van der Waals surface area contributed by atoms with E-state index in [9.17, 15) is 24.4 Å². The van der Waals surface area contributed by atoms with Gasteiger partial charge in [-0.25, -0.2) is 4.68 Å². The van der Waals surface area contributed by atoms with Gasteiger partial charge in [-0.15, -0.1) is 11.8 Å². The molecule has 5 rings (SSSR count). The first kappa shape index (κ1) is 28.3. The highest BCUT2D eigenvalue weighted by atomic mass is 32.2. The zero-order chi connectivity index (χ0) is 29.6. The van der Waals surface area contributed by atoms with E-state index in [0.717, 1.165) is 16.0 Å². The molecule has 11 heteroatoms. The van der Waals surface area contributed by atoms with Gasteiger partial charge in [-0.05, 0) is 24.3 Å². The van der Waals surface area contributed by atoms with Crippen molar-refractivity contribution in [1.82, 2.24) is 9.78 Å². The van der Waals surface area contributed by atoms with E-state index in [1.807, 2.05) is 48.5 Å². The van der Waals surface area contributed by atoms with E-state index in [1.165, 1.54) is 11.8 Å². The number of nitrogens with one attached hydrogen (secondary N) is 1. The highest BCUT2D eigenvalue weighted by Crippen LogP contribution is 2.45. The van der Waals surface area contributed by atoms with E-state index in [2.05, 4.69) is 10.4 Å². The fraction of sp³-hybridized carbons (Fsp3) is 0.161. The van der Waals surface area contributed by atoms with Crippen LogP contribution in [0.2, 0.25) is 0 Å². The first-order valence-electron chi connectivity index (χ1n) is 13.0. The number of aliphatic carboxylic acids is 1. The van der Waals surface area contributed by atoms with Crippen LogP contribution in [0.4, 0.5) is 5.69 Å². The molecule has 0 aliphatic carbocycles. The van der Waals surface area contributed by atoms with Gasteiger partial charge in [0.2, 0.25) is 11.7 Å². The van der Waals surface area contributed by atoms with Crippen LogP contribution in [-0.4, -0.2) is 38.5 Å². The quantitative estimate of drug-likeness (QED) is 0.150. The fourth-order valence-corrected chi connectivity index (χ4v) is 5.76. The van der Waals surface area contributed by atoms with Crippen molar-refractivity contribution in [2.45, 2.75) is 30.1 Å². The van der Waals surface area contributed by atoms with Crippen LogP contribution in [0.15, 0.2) is 83.8 Å². The second-order valence-electron chi connectivity index (χ2n) is 9.34.